The zero-order chi connectivity index (χ0) is 65.7. The van der Waals surface area contributed by atoms with Crippen LogP contribution in [0.5, 0.6) is 0 Å². The Morgan fingerprint density at radius 2 is 0.435 bits per heavy atom. The molecule has 0 bridgehead atoms. The van der Waals surface area contributed by atoms with E-state index < -0.39 is 224 Å². The lowest BCUT2D eigenvalue weighted by molar-refractivity contribution is -0.151. The summed E-state index contributed by atoms with van der Waals surface area (Å²) < 4.78 is 0. The number of hydrogen-bond donors (Lipinski definition) is 9. The van der Waals surface area contributed by atoms with Crippen LogP contribution in [0.25, 0.3) is 0 Å². The molecule has 0 saturated carbocycles. The highest BCUT2D eigenvalue weighted by molar-refractivity contribution is 5.94. The molecule has 0 saturated heterocycles. The van der Waals surface area contributed by atoms with Crippen molar-refractivity contribution in [3.8, 4) is 0 Å². The Labute approximate surface area is 500 Å². The van der Waals surface area contributed by atoms with Crippen LogP contribution in [0.2, 0.25) is 0 Å². The van der Waals surface area contributed by atoms with Crippen LogP contribution in [-0.2, 0) is 52.7 Å². The maximum Gasteiger partial charge on any atom is 0.242 e. The lowest BCUT2D eigenvalue weighted by Gasteiger charge is -2.35. The standard InChI is InChI=1S/C55H101N11O19/c1-14-35(4)65(54(84)31-63(23-43(12)73)48(78)26-58(18-38(7)68)46(76)16-3)33-53(83)62(22-42(11)72)30-50(80)60(20-40(9)70)28-51(81)64(24-44(13)74)32-55(85)66(36(5)15-2)34-52(82)61(21-41(10)71)29-49(79)59(19-39(8)69)27-47(77)57(17-37(6)67)25-45(56)75/h35-44,67-74H,14-34H2,1-13H3,(H2,56,75). The molecule has 10 unspecified atom stereocenters. The van der Waals surface area contributed by atoms with Crippen LogP contribution in [-0.4, -0.2) is 334 Å². The predicted octanol–water partition coefficient (Wildman–Crippen LogP) is -5.19. The van der Waals surface area contributed by atoms with Crippen molar-refractivity contribution >= 4 is 65.0 Å². The van der Waals surface area contributed by atoms with E-state index in [-0.39, 0.29) is 32.5 Å². The van der Waals surface area contributed by atoms with Crippen molar-refractivity contribution in [3.63, 3.8) is 0 Å². The van der Waals surface area contributed by atoms with E-state index in [0.717, 1.165) is 49.0 Å². The second kappa shape index (κ2) is 39.5. The average Bonchev–Trinajstić information content (AvgIpc) is 3.54. The minimum absolute atomic E-state index is 0.0171. The van der Waals surface area contributed by atoms with Crippen molar-refractivity contribution in [3.05, 3.63) is 0 Å². The van der Waals surface area contributed by atoms with E-state index in [9.17, 15) is 93.6 Å². The number of nitrogens with zero attached hydrogens (tertiary/aromatic N) is 10. The molecule has 10 N–H and O–H groups in total. The van der Waals surface area contributed by atoms with E-state index in [4.69, 9.17) is 5.73 Å². The zero-order valence-electron chi connectivity index (χ0n) is 52.2. The third-order valence-corrected chi connectivity index (χ3v) is 13.1. The molecule has 0 spiro atoms. The molecule has 10 atom stereocenters. The van der Waals surface area contributed by atoms with Crippen molar-refractivity contribution in [2.24, 2.45) is 5.73 Å². The van der Waals surface area contributed by atoms with E-state index >= 15 is 0 Å². The maximum atomic E-state index is 14.4. The molecule has 0 radical (unpaired) electrons. The topological polar surface area (TPSA) is 408 Å². The van der Waals surface area contributed by atoms with Gasteiger partial charge in [-0.15, -0.1) is 0 Å². The first kappa shape index (κ1) is 78.8. The molecule has 0 aromatic rings. The van der Waals surface area contributed by atoms with Crippen molar-refractivity contribution in [1.82, 2.24) is 49.0 Å². The zero-order valence-corrected chi connectivity index (χ0v) is 52.2. The van der Waals surface area contributed by atoms with Crippen molar-refractivity contribution in [2.45, 2.75) is 170 Å². The fourth-order valence-electron chi connectivity index (χ4n) is 8.74. The molecule has 0 aliphatic rings. The van der Waals surface area contributed by atoms with Crippen LogP contribution in [0.4, 0.5) is 0 Å². The Bertz CT molecular complexity index is 2160. The molecular formula is C55H101N11O19. The van der Waals surface area contributed by atoms with Gasteiger partial charge in [0.15, 0.2) is 0 Å². The molecule has 490 valence electrons. The molecule has 85 heavy (non-hydrogen) atoms. The largest absolute Gasteiger partial charge is 0.392 e. The van der Waals surface area contributed by atoms with E-state index in [0.29, 0.717) is 6.42 Å². The number of aliphatic hydroxyl groups is 8. The second-order valence-corrected chi connectivity index (χ2v) is 22.4. The number of primary amides is 1. The fourth-order valence-corrected chi connectivity index (χ4v) is 8.74. The van der Waals surface area contributed by atoms with Crippen LogP contribution in [0.3, 0.4) is 0 Å². The summed E-state index contributed by atoms with van der Waals surface area (Å²) in [6, 6.07) is -1.36. The lowest BCUT2D eigenvalue weighted by Crippen LogP contribution is -2.56. The van der Waals surface area contributed by atoms with Gasteiger partial charge in [0.2, 0.25) is 65.0 Å². The molecule has 0 aliphatic carbocycles. The summed E-state index contributed by atoms with van der Waals surface area (Å²) in [4.78, 5) is 161. The van der Waals surface area contributed by atoms with Crippen LogP contribution in [0.15, 0.2) is 0 Å². The summed E-state index contributed by atoms with van der Waals surface area (Å²) in [6.07, 6.45) is -8.82. The number of nitrogens with two attached hydrogens (primary N) is 1. The number of rotatable bonds is 41. The van der Waals surface area contributed by atoms with E-state index in [1.807, 2.05) is 0 Å². The van der Waals surface area contributed by atoms with Gasteiger partial charge in [-0.1, -0.05) is 20.8 Å². The molecule has 0 aromatic heterocycles. The summed E-state index contributed by atoms with van der Waals surface area (Å²) in [7, 11) is 0. The van der Waals surface area contributed by atoms with Gasteiger partial charge >= 0.3 is 0 Å². The number of hydrogen-bond acceptors (Lipinski definition) is 19. The molecule has 0 heterocycles. The molecule has 30 heteroatoms. The van der Waals surface area contributed by atoms with Gasteiger partial charge < -0.3 is 95.6 Å². The summed E-state index contributed by atoms with van der Waals surface area (Å²) in [6.45, 7) is 8.82. The molecule has 0 aromatic carbocycles. The van der Waals surface area contributed by atoms with Gasteiger partial charge in [-0.2, -0.15) is 0 Å². The highest BCUT2D eigenvalue weighted by Gasteiger charge is 2.35. The molecule has 0 rings (SSSR count). The molecular weight excluding hydrogens is 1120 g/mol. The number of carbonyl (C=O) groups excluding carboxylic acids is 11. The molecule has 30 nitrogen and oxygen atoms in total. The predicted molar refractivity (Wildman–Crippen MR) is 309 cm³/mol. The normalized spacial score (nSPS) is 14.8. The Hall–Kier alpha value is -6.15. The number of carbonyl (C=O) groups is 11. The van der Waals surface area contributed by atoms with Crippen LogP contribution >= 0.6 is 0 Å². The third kappa shape index (κ3) is 31.2. The summed E-state index contributed by atoms with van der Waals surface area (Å²) >= 11 is 0. The van der Waals surface area contributed by atoms with E-state index in [1.54, 1.807) is 34.6 Å². The van der Waals surface area contributed by atoms with Gasteiger partial charge in [-0.3, -0.25) is 52.7 Å². The van der Waals surface area contributed by atoms with E-state index in [1.165, 1.54) is 55.4 Å². The summed E-state index contributed by atoms with van der Waals surface area (Å²) in [5.41, 5.74) is 5.30. The number of aliphatic hydroxyl groups excluding tert-OH is 8. The minimum atomic E-state index is -1.27. The molecule has 0 fully saturated rings. The maximum absolute atomic E-state index is 14.4. The second-order valence-electron chi connectivity index (χ2n) is 22.4. The van der Waals surface area contributed by atoms with Gasteiger partial charge in [0.05, 0.1) is 101 Å². The minimum Gasteiger partial charge on any atom is -0.392 e. The van der Waals surface area contributed by atoms with Crippen LogP contribution in [0, 0.1) is 0 Å². The van der Waals surface area contributed by atoms with Crippen LogP contribution < -0.4 is 5.73 Å². The third-order valence-electron chi connectivity index (χ3n) is 13.1. The van der Waals surface area contributed by atoms with E-state index in [2.05, 4.69) is 0 Å². The smallest absolute Gasteiger partial charge is 0.242 e. The van der Waals surface area contributed by atoms with Crippen molar-refractivity contribution in [2.75, 3.05) is 118 Å². The lowest BCUT2D eigenvalue weighted by atomic mass is 10.2. The first-order chi connectivity index (χ1) is 39.4. The highest BCUT2D eigenvalue weighted by Crippen LogP contribution is 2.14. The Balaban J connectivity index is 6.92. The van der Waals surface area contributed by atoms with Crippen molar-refractivity contribution in [1.29, 1.82) is 0 Å². The number of amides is 11. The summed E-state index contributed by atoms with van der Waals surface area (Å²) in [5, 5.41) is 82.6. The van der Waals surface area contributed by atoms with Crippen LogP contribution in [0.1, 0.15) is 109 Å². The highest BCUT2D eigenvalue weighted by atomic mass is 16.3. The van der Waals surface area contributed by atoms with Gasteiger partial charge in [-0.25, -0.2) is 0 Å². The fraction of sp³-hybridized carbons (Fsp3) is 0.800. The Kier molecular flexibility index (Phi) is 36.7. The SMILES string of the molecule is CCC(=O)N(CC(=O)N(CC(=O)N(CC(=O)N(CC(=O)N(CC(=O)N(CC(=O)N(CC(=O)N(CC(=O)N(CC(=O)N(CC(N)=O)CC(C)O)CC(C)O)CC(C)O)C(C)CC)CC(C)O)CC(C)O)CC(C)O)C(C)CC)CC(C)O)CC(C)O. The Morgan fingerprint density at radius 3 is 0.600 bits per heavy atom. The average molecular weight is 1220 g/mol. The molecule has 11 amide bonds. The van der Waals surface area contributed by atoms with Gasteiger partial charge in [0.1, 0.15) is 13.1 Å². The molecule has 0 aliphatic heterocycles. The Morgan fingerprint density at radius 1 is 0.271 bits per heavy atom. The first-order valence-corrected chi connectivity index (χ1v) is 28.9. The van der Waals surface area contributed by atoms with Crippen molar-refractivity contribution < 1.29 is 93.6 Å². The van der Waals surface area contributed by atoms with Gasteiger partial charge in [0, 0.05) is 70.9 Å². The monoisotopic (exact) mass is 1220 g/mol. The first-order valence-electron chi connectivity index (χ1n) is 28.9. The van der Waals surface area contributed by atoms with Gasteiger partial charge in [-0.05, 0) is 82.1 Å². The summed E-state index contributed by atoms with van der Waals surface area (Å²) in [5.74, 6) is -8.92. The quantitative estimate of drug-likeness (QED) is 0.0276. The van der Waals surface area contributed by atoms with Gasteiger partial charge in [0.25, 0.3) is 0 Å².